The van der Waals surface area contributed by atoms with Crippen molar-refractivity contribution in [3.05, 3.63) is 44.6 Å². The zero-order valence-corrected chi connectivity index (χ0v) is 20.2. The van der Waals surface area contributed by atoms with Crippen LogP contribution in [0.25, 0.3) is 10.2 Å². The first-order chi connectivity index (χ1) is 16.0. The molecule has 0 saturated carbocycles. The van der Waals surface area contributed by atoms with Gasteiger partial charge in [0, 0.05) is 11.4 Å². The van der Waals surface area contributed by atoms with Gasteiger partial charge in [0.15, 0.2) is 16.7 Å². The number of terminal acetylenes is 1. The molecule has 3 aromatic rings. The third kappa shape index (κ3) is 4.87. The van der Waals surface area contributed by atoms with Crippen molar-refractivity contribution in [3.8, 4) is 23.8 Å². The van der Waals surface area contributed by atoms with E-state index in [-0.39, 0.29) is 23.8 Å². The molecule has 1 aliphatic carbocycles. The normalized spacial score (nSPS) is 12.4. The maximum atomic E-state index is 13.6. The number of rotatable bonds is 9. The number of thioether (sulfide) groups is 1. The van der Waals surface area contributed by atoms with Crippen molar-refractivity contribution in [3.63, 3.8) is 0 Å². The number of hydrogen-bond acceptors (Lipinski definition) is 7. The summed E-state index contributed by atoms with van der Waals surface area (Å²) in [4.78, 5) is 32.5. The number of aromatic nitrogens is 2. The molecule has 1 amide bonds. The number of carbonyl (C=O) groups excluding carboxylic acids is 1. The van der Waals surface area contributed by atoms with Gasteiger partial charge in [-0.2, -0.15) is 0 Å². The second kappa shape index (κ2) is 10.3. The Bertz CT molecular complexity index is 1290. The number of benzene rings is 1. The summed E-state index contributed by atoms with van der Waals surface area (Å²) in [6, 6.07) is 5.73. The zero-order chi connectivity index (χ0) is 23.4. The summed E-state index contributed by atoms with van der Waals surface area (Å²) in [6.07, 6.45) is 8.82. The molecule has 0 fully saturated rings. The van der Waals surface area contributed by atoms with Crippen LogP contribution in [0.4, 0.5) is 0 Å². The van der Waals surface area contributed by atoms with Crippen molar-refractivity contribution >= 4 is 39.2 Å². The molecule has 9 heteroatoms. The van der Waals surface area contributed by atoms with Crippen molar-refractivity contribution in [2.75, 3.05) is 26.5 Å². The first-order valence-corrected chi connectivity index (χ1v) is 12.4. The zero-order valence-electron chi connectivity index (χ0n) is 18.6. The first kappa shape index (κ1) is 23.2. The molecule has 0 spiro atoms. The Labute approximate surface area is 200 Å². The molecule has 0 unspecified atom stereocenters. The van der Waals surface area contributed by atoms with E-state index in [0.717, 1.165) is 40.6 Å². The SMILES string of the molecule is C#CCNC(=O)CSc1nc2sc3c(c2c(=O)n1CCc1ccc(OC)c(OC)c1)CCC3. The van der Waals surface area contributed by atoms with E-state index < -0.39 is 0 Å². The highest BCUT2D eigenvalue weighted by Crippen LogP contribution is 2.35. The number of methoxy groups -OCH3 is 2. The van der Waals surface area contributed by atoms with Gasteiger partial charge in [-0.1, -0.05) is 23.7 Å². The van der Waals surface area contributed by atoms with E-state index in [1.807, 2.05) is 18.2 Å². The number of thiophene rings is 1. The van der Waals surface area contributed by atoms with Gasteiger partial charge in [-0.25, -0.2) is 4.98 Å². The van der Waals surface area contributed by atoms with E-state index in [9.17, 15) is 9.59 Å². The maximum absolute atomic E-state index is 13.6. The molecule has 2 aromatic heterocycles. The minimum Gasteiger partial charge on any atom is -0.493 e. The number of nitrogens with one attached hydrogen (secondary N) is 1. The summed E-state index contributed by atoms with van der Waals surface area (Å²) in [7, 11) is 3.20. The van der Waals surface area contributed by atoms with Crippen molar-refractivity contribution < 1.29 is 14.3 Å². The minimum atomic E-state index is -0.188. The Balaban J connectivity index is 1.65. The van der Waals surface area contributed by atoms with E-state index in [2.05, 4.69) is 11.2 Å². The standard InChI is InChI=1S/C24H25N3O4S2/c1-4-11-25-20(28)14-32-24-26-22-21(16-6-5-7-19(16)33-22)23(29)27(24)12-10-15-8-9-17(30-2)18(13-15)31-3/h1,8-9,13H,5-7,10-12,14H2,2-3H3,(H,25,28). The van der Waals surface area contributed by atoms with Gasteiger partial charge in [0.2, 0.25) is 5.91 Å². The van der Waals surface area contributed by atoms with Gasteiger partial charge in [-0.3, -0.25) is 14.2 Å². The Hall–Kier alpha value is -2.96. The van der Waals surface area contributed by atoms with Crippen LogP contribution in [-0.2, 0) is 30.6 Å². The lowest BCUT2D eigenvalue weighted by Crippen LogP contribution is -2.27. The van der Waals surface area contributed by atoms with Gasteiger partial charge < -0.3 is 14.8 Å². The molecule has 4 rings (SSSR count). The number of amides is 1. The minimum absolute atomic E-state index is 0.0357. The van der Waals surface area contributed by atoms with Crippen LogP contribution < -0.4 is 20.3 Å². The quantitative estimate of drug-likeness (QED) is 0.286. The molecule has 2 heterocycles. The highest BCUT2D eigenvalue weighted by molar-refractivity contribution is 7.99. The predicted octanol–water partition coefficient (Wildman–Crippen LogP) is 3.05. The predicted molar refractivity (Wildman–Crippen MR) is 132 cm³/mol. The van der Waals surface area contributed by atoms with E-state index in [0.29, 0.717) is 29.6 Å². The van der Waals surface area contributed by atoms with E-state index in [4.69, 9.17) is 20.9 Å². The monoisotopic (exact) mass is 483 g/mol. The van der Waals surface area contributed by atoms with E-state index >= 15 is 0 Å². The molecule has 1 N–H and O–H groups in total. The lowest BCUT2D eigenvalue weighted by Gasteiger charge is -2.13. The molecule has 172 valence electrons. The summed E-state index contributed by atoms with van der Waals surface area (Å²) in [5, 5.41) is 3.93. The fraction of sp³-hybridized carbons (Fsp3) is 0.375. The van der Waals surface area contributed by atoms with Crippen LogP contribution in [0.15, 0.2) is 28.2 Å². The van der Waals surface area contributed by atoms with Crippen molar-refractivity contribution in [2.24, 2.45) is 0 Å². The molecule has 1 aliphatic rings. The van der Waals surface area contributed by atoms with Crippen LogP contribution in [0.3, 0.4) is 0 Å². The Morgan fingerprint density at radius 2 is 2.12 bits per heavy atom. The summed E-state index contributed by atoms with van der Waals surface area (Å²) < 4.78 is 12.4. The van der Waals surface area contributed by atoms with E-state index in [1.165, 1.54) is 16.6 Å². The van der Waals surface area contributed by atoms with Crippen LogP contribution in [0.2, 0.25) is 0 Å². The highest BCUT2D eigenvalue weighted by atomic mass is 32.2. The molecular formula is C24H25N3O4S2. The Kier molecular flexibility index (Phi) is 7.26. The molecule has 1 aromatic carbocycles. The second-order valence-electron chi connectivity index (χ2n) is 7.60. The van der Waals surface area contributed by atoms with Crippen LogP contribution in [0.1, 0.15) is 22.4 Å². The average molecular weight is 484 g/mol. The van der Waals surface area contributed by atoms with Gasteiger partial charge >= 0.3 is 0 Å². The van der Waals surface area contributed by atoms with Crippen LogP contribution >= 0.6 is 23.1 Å². The van der Waals surface area contributed by atoms with Crippen molar-refractivity contribution in [2.45, 2.75) is 37.4 Å². The molecule has 0 saturated heterocycles. The first-order valence-electron chi connectivity index (χ1n) is 10.6. The number of fused-ring (bicyclic) bond motifs is 3. The molecule has 33 heavy (non-hydrogen) atoms. The van der Waals surface area contributed by atoms with Gasteiger partial charge in [0.1, 0.15) is 4.83 Å². The number of hydrogen-bond donors (Lipinski definition) is 1. The van der Waals surface area contributed by atoms with Crippen LogP contribution in [-0.4, -0.2) is 42.0 Å². The van der Waals surface area contributed by atoms with Crippen molar-refractivity contribution in [1.29, 1.82) is 0 Å². The third-order valence-electron chi connectivity index (χ3n) is 5.58. The van der Waals surface area contributed by atoms with Crippen molar-refractivity contribution in [1.82, 2.24) is 14.9 Å². The van der Waals surface area contributed by atoms with Crippen LogP contribution in [0.5, 0.6) is 11.5 Å². The maximum Gasteiger partial charge on any atom is 0.263 e. The fourth-order valence-corrected chi connectivity index (χ4v) is 6.13. The number of aryl methyl sites for hydroxylation is 3. The van der Waals surface area contributed by atoms with Crippen LogP contribution in [0, 0.1) is 12.3 Å². The van der Waals surface area contributed by atoms with Gasteiger partial charge in [-0.05, 0) is 48.9 Å². The van der Waals surface area contributed by atoms with Gasteiger partial charge in [-0.15, -0.1) is 17.8 Å². The van der Waals surface area contributed by atoms with Gasteiger partial charge in [0.05, 0.1) is 31.9 Å². The smallest absolute Gasteiger partial charge is 0.263 e. The molecular weight excluding hydrogens is 458 g/mol. The topological polar surface area (TPSA) is 82.5 Å². The summed E-state index contributed by atoms with van der Waals surface area (Å²) in [6.45, 7) is 0.617. The molecule has 7 nitrogen and oxygen atoms in total. The lowest BCUT2D eigenvalue weighted by atomic mass is 10.1. The molecule has 0 aliphatic heterocycles. The second-order valence-corrected chi connectivity index (χ2v) is 9.62. The summed E-state index contributed by atoms with van der Waals surface area (Å²) in [5.41, 5.74) is 2.12. The molecule has 0 bridgehead atoms. The Morgan fingerprint density at radius 3 is 2.88 bits per heavy atom. The van der Waals surface area contributed by atoms with E-state index in [1.54, 1.807) is 30.1 Å². The average Bonchev–Trinajstić information content (AvgIpc) is 3.41. The summed E-state index contributed by atoms with van der Waals surface area (Å²) >= 11 is 2.86. The largest absolute Gasteiger partial charge is 0.493 e. The third-order valence-corrected chi connectivity index (χ3v) is 7.74. The molecule has 0 radical (unpaired) electrons. The molecule has 0 atom stereocenters. The number of carbonyl (C=O) groups is 1. The fourth-order valence-electron chi connectivity index (χ4n) is 3.97. The number of nitrogens with zero attached hydrogens (tertiary/aromatic N) is 2. The highest BCUT2D eigenvalue weighted by Gasteiger charge is 2.23. The van der Waals surface area contributed by atoms with Gasteiger partial charge in [0.25, 0.3) is 5.56 Å². The Morgan fingerprint density at radius 1 is 1.30 bits per heavy atom. The number of ether oxygens (including phenoxy) is 2. The lowest BCUT2D eigenvalue weighted by molar-refractivity contribution is -0.118. The summed E-state index contributed by atoms with van der Waals surface area (Å²) in [5.74, 6) is 3.64.